The van der Waals surface area contributed by atoms with E-state index in [1.165, 1.54) is 18.4 Å². The predicted octanol–water partition coefficient (Wildman–Crippen LogP) is 2.44. The molecule has 4 N–H and O–H groups in total. The SMILES string of the molecule is CCC(CC)NC(=O)c1ccc(CN2CCC(NCC(O)COc3ccc(O)c(S(C)=O)c3)CC2)nc1. The molecule has 0 saturated carbocycles. The molecule has 37 heavy (non-hydrogen) atoms. The van der Waals surface area contributed by atoms with Crippen molar-refractivity contribution < 1.29 is 24.0 Å². The summed E-state index contributed by atoms with van der Waals surface area (Å²) in [6, 6.07) is 8.85. The predicted molar refractivity (Wildman–Crippen MR) is 144 cm³/mol. The first-order valence-corrected chi connectivity index (χ1v) is 14.5. The number of benzene rings is 1. The molecule has 0 aliphatic carbocycles. The number of nitrogens with zero attached hydrogens (tertiary/aromatic N) is 2. The van der Waals surface area contributed by atoms with E-state index in [0.29, 0.717) is 28.8 Å². The number of likely N-dealkylation sites (tertiary alicyclic amines) is 1. The van der Waals surface area contributed by atoms with E-state index in [2.05, 4.69) is 34.4 Å². The summed E-state index contributed by atoms with van der Waals surface area (Å²) < 4.78 is 17.3. The van der Waals surface area contributed by atoms with Gasteiger partial charge in [-0.2, -0.15) is 0 Å². The van der Waals surface area contributed by atoms with Gasteiger partial charge in [-0.1, -0.05) is 13.8 Å². The van der Waals surface area contributed by atoms with Crippen LogP contribution in [-0.2, 0) is 17.3 Å². The van der Waals surface area contributed by atoms with Crippen LogP contribution in [0.5, 0.6) is 11.5 Å². The molecule has 10 heteroatoms. The highest BCUT2D eigenvalue weighted by atomic mass is 32.2. The van der Waals surface area contributed by atoms with Gasteiger partial charge in [0.15, 0.2) is 0 Å². The number of carbonyl (C=O) groups excluding carboxylic acids is 1. The van der Waals surface area contributed by atoms with E-state index < -0.39 is 16.9 Å². The molecule has 1 aliphatic heterocycles. The lowest BCUT2D eigenvalue weighted by Gasteiger charge is -2.32. The highest BCUT2D eigenvalue weighted by Crippen LogP contribution is 2.25. The number of rotatable bonds is 13. The van der Waals surface area contributed by atoms with Crippen molar-refractivity contribution in [2.75, 3.05) is 32.5 Å². The van der Waals surface area contributed by atoms with Gasteiger partial charge in [0.1, 0.15) is 24.2 Å². The first-order valence-electron chi connectivity index (χ1n) is 13.0. The van der Waals surface area contributed by atoms with Crippen LogP contribution in [0.2, 0.25) is 0 Å². The average Bonchev–Trinajstić information content (AvgIpc) is 2.91. The van der Waals surface area contributed by atoms with Crippen molar-refractivity contribution in [1.29, 1.82) is 0 Å². The number of piperidine rings is 1. The summed E-state index contributed by atoms with van der Waals surface area (Å²) in [4.78, 5) is 19.5. The Kier molecular flexibility index (Phi) is 11.3. The van der Waals surface area contributed by atoms with Gasteiger partial charge in [0, 0.05) is 50.7 Å². The maximum absolute atomic E-state index is 12.4. The molecule has 2 heterocycles. The minimum atomic E-state index is -1.32. The zero-order chi connectivity index (χ0) is 26.8. The molecule has 1 fully saturated rings. The second-order valence-electron chi connectivity index (χ2n) is 9.53. The number of aliphatic hydroxyl groups excluding tert-OH is 1. The Morgan fingerprint density at radius 2 is 1.95 bits per heavy atom. The van der Waals surface area contributed by atoms with E-state index >= 15 is 0 Å². The van der Waals surface area contributed by atoms with Crippen LogP contribution in [0.3, 0.4) is 0 Å². The highest BCUT2D eigenvalue weighted by molar-refractivity contribution is 7.84. The number of ether oxygens (including phenoxy) is 1. The molecule has 204 valence electrons. The quantitative estimate of drug-likeness (QED) is 0.310. The molecule has 0 spiro atoms. The van der Waals surface area contributed by atoms with E-state index in [1.54, 1.807) is 12.3 Å². The number of aromatic hydroxyl groups is 1. The molecule has 0 radical (unpaired) electrons. The van der Waals surface area contributed by atoms with Crippen LogP contribution in [0.25, 0.3) is 0 Å². The number of phenolic OH excluding ortho intramolecular Hbond substituents is 1. The normalized spacial score (nSPS) is 16.5. The Balaban J connectivity index is 1.35. The molecule has 2 atom stereocenters. The maximum Gasteiger partial charge on any atom is 0.253 e. The van der Waals surface area contributed by atoms with Crippen LogP contribution < -0.4 is 15.4 Å². The van der Waals surface area contributed by atoms with Gasteiger partial charge >= 0.3 is 0 Å². The lowest BCUT2D eigenvalue weighted by Crippen LogP contribution is -2.45. The van der Waals surface area contributed by atoms with E-state index in [-0.39, 0.29) is 24.3 Å². The average molecular weight is 533 g/mol. The van der Waals surface area contributed by atoms with Crippen molar-refractivity contribution in [3.8, 4) is 11.5 Å². The summed E-state index contributed by atoms with van der Waals surface area (Å²) in [6.07, 6.45) is 6.22. The van der Waals surface area contributed by atoms with E-state index in [4.69, 9.17) is 4.74 Å². The Bertz CT molecular complexity index is 1020. The number of pyridine rings is 1. The third-order valence-electron chi connectivity index (χ3n) is 6.71. The van der Waals surface area contributed by atoms with Gasteiger partial charge in [-0.25, -0.2) is 0 Å². The van der Waals surface area contributed by atoms with Crippen LogP contribution in [0.1, 0.15) is 55.6 Å². The van der Waals surface area contributed by atoms with Crippen molar-refractivity contribution in [1.82, 2.24) is 20.5 Å². The minimum absolute atomic E-state index is 0.0329. The Morgan fingerprint density at radius 3 is 2.57 bits per heavy atom. The number of carbonyl (C=O) groups is 1. The maximum atomic E-state index is 12.4. The zero-order valence-electron chi connectivity index (χ0n) is 22.0. The van der Waals surface area contributed by atoms with Crippen molar-refractivity contribution in [2.45, 2.75) is 69.2 Å². The molecule has 2 unspecified atom stereocenters. The van der Waals surface area contributed by atoms with Crippen LogP contribution in [0, 0.1) is 0 Å². The van der Waals surface area contributed by atoms with Gasteiger partial charge in [-0.05, 0) is 56.0 Å². The van der Waals surface area contributed by atoms with Crippen LogP contribution in [0.15, 0.2) is 41.4 Å². The molecular formula is C27H40N4O5S. The molecule has 1 saturated heterocycles. The number of phenols is 1. The highest BCUT2D eigenvalue weighted by Gasteiger charge is 2.20. The number of aromatic nitrogens is 1. The van der Waals surface area contributed by atoms with Crippen LogP contribution >= 0.6 is 0 Å². The topological polar surface area (TPSA) is 124 Å². The summed E-state index contributed by atoms with van der Waals surface area (Å²) in [7, 11) is -1.32. The molecule has 1 aromatic carbocycles. The smallest absolute Gasteiger partial charge is 0.253 e. The van der Waals surface area contributed by atoms with Crippen molar-refractivity contribution >= 4 is 16.7 Å². The van der Waals surface area contributed by atoms with Crippen LogP contribution in [0.4, 0.5) is 0 Å². The van der Waals surface area contributed by atoms with E-state index in [9.17, 15) is 19.2 Å². The molecule has 1 aromatic heterocycles. The van der Waals surface area contributed by atoms with Crippen molar-refractivity contribution in [2.24, 2.45) is 0 Å². The Labute approximate surface area is 222 Å². The lowest BCUT2D eigenvalue weighted by atomic mass is 10.0. The fourth-order valence-electron chi connectivity index (χ4n) is 4.31. The summed E-state index contributed by atoms with van der Waals surface area (Å²) in [5, 5.41) is 26.5. The second-order valence-corrected chi connectivity index (χ2v) is 10.9. The third-order valence-corrected chi connectivity index (χ3v) is 7.65. The van der Waals surface area contributed by atoms with Crippen molar-refractivity contribution in [3.05, 3.63) is 47.8 Å². The zero-order valence-corrected chi connectivity index (χ0v) is 22.8. The summed E-state index contributed by atoms with van der Waals surface area (Å²) in [5.41, 5.74) is 1.54. The van der Waals surface area contributed by atoms with Gasteiger partial charge in [0.2, 0.25) is 0 Å². The molecular weight excluding hydrogens is 492 g/mol. The van der Waals surface area contributed by atoms with E-state index in [0.717, 1.165) is 51.0 Å². The molecule has 9 nitrogen and oxygen atoms in total. The second kappa shape index (κ2) is 14.4. The summed E-state index contributed by atoms with van der Waals surface area (Å²) in [5.74, 6) is 0.357. The number of hydrogen-bond acceptors (Lipinski definition) is 8. The Hall–Kier alpha value is -2.53. The molecule has 1 aliphatic rings. The summed E-state index contributed by atoms with van der Waals surface area (Å²) in [6.45, 7) is 7.24. The first kappa shape index (κ1) is 29.0. The number of amides is 1. The third kappa shape index (κ3) is 9.07. The Morgan fingerprint density at radius 1 is 1.22 bits per heavy atom. The number of aliphatic hydroxyl groups is 1. The first-order chi connectivity index (χ1) is 17.8. The molecule has 1 amide bonds. The van der Waals surface area contributed by atoms with Gasteiger partial charge in [-0.15, -0.1) is 0 Å². The van der Waals surface area contributed by atoms with Gasteiger partial charge in [0.25, 0.3) is 5.91 Å². The minimum Gasteiger partial charge on any atom is -0.507 e. The summed E-state index contributed by atoms with van der Waals surface area (Å²) >= 11 is 0. The van der Waals surface area contributed by atoms with Gasteiger partial charge < -0.3 is 25.6 Å². The molecule has 2 aromatic rings. The standard InChI is InChI=1S/C27H40N4O5S/c1-4-20(5-2)30-27(34)19-6-7-22(28-15-19)17-31-12-10-21(11-13-31)29-16-23(32)18-36-24-8-9-25(33)26(14-24)37(3)35/h6-9,14-15,20-21,23,29,32-33H,4-5,10-13,16-18H2,1-3H3,(H,30,34). The fourth-order valence-corrected chi connectivity index (χ4v) is 4.95. The molecule has 3 rings (SSSR count). The monoisotopic (exact) mass is 532 g/mol. The van der Waals surface area contributed by atoms with Crippen LogP contribution in [-0.4, -0.2) is 80.9 Å². The lowest BCUT2D eigenvalue weighted by molar-refractivity contribution is 0.0934. The van der Waals surface area contributed by atoms with Crippen molar-refractivity contribution in [3.63, 3.8) is 0 Å². The number of nitrogens with one attached hydrogen (secondary N) is 2. The largest absolute Gasteiger partial charge is 0.507 e. The molecule has 0 bridgehead atoms. The van der Waals surface area contributed by atoms with Gasteiger partial charge in [-0.3, -0.25) is 18.9 Å². The number of hydrogen-bond donors (Lipinski definition) is 4. The van der Waals surface area contributed by atoms with E-state index in [1.807, 2.05) is 12.1 Å². The van der Waals surface area contributed by atoms with Gasteiger partial charge in [0.05, 0.1) is 27.0 Å². The fraction of sp³-hybridized carbons (Fsp3) is 0.556.